The first kappa shape index (κ1) is 17.5. The monoisotopic (exact) mass is 390 g/mol. The Morgan fingerprint density at radius 2 is 1.88 bits per heavy atom. The van der Waals surface area contributed by atoms with Gasteiger partial charge in [0.2, 0.25) is 0 Å². The van der Waals surface area contributed by atoms with Crippen LogP contribution in [0.4, 0.5) is 23.2 Å². The minimum atomic E-state index is -4.22. The van der Waals surface area contributed by atoms with Crippen molar-refractivity contribution >= 4 is 34.5 Å². The van der Waals surface area contributed by atoms with Gasteiger partial charge < -0.3 is 15.7 Å². The molecule has 25 heavy (non-hydrogen) atoms. The molecule has 0 bridgehead atoms. The summed E-state index contributed by atoms with van der Waals surface area (Å²) in [5, 5.41) is 15.0. The molecule has 2 heterocycles. The number of alkyl halides is 4. The molecule has 4 nitrogen and oxygen atoms in total. The number of fused-ring (bicyclic) bond motifs is 1. The Hall–Kier alpha value is -2.28. The highest BCUT2D eigenvalue weighted by molar-refractivity contribution is 7.81. The van der Waals surface area contributed by atoms with Crippen LogP contribution in [-0.2, 0) is 17.0 Å². The van der Waals surface area contributed by atoms with Crippen LogP contribution in [0.15, 0.2) is 35.0 Å². The van der Waals surface area contributed by atoms with Crippen molar-refractivity contribution in [3.63, 3.8) is 0 Å². The first-order valence-corrected chi connectivity index (χ1v) is 7.38. The number of thiocarbonyl (C=S) groups is 1. The number of hydrogen-bond donors (Lipinski definition) is 3. The van der Waals surface area contributed by atoms with E-state index < -0.39 is 29.1 Å². The third-order valence-corrected chi connectivity index (χ3v) is 3.95. The number of ether oxygens (including phenoxy) is 1. The summed E-state index contributed by atoms with van der Waals surface area (Å²) >= 11 is 11.1. The highest BCUT2D eigenvalue weighted by Gasteiger charge is 2.57. The number of phenols is 1. The zero-order valence-corrected chi connectivity index (χ0v) is 13.5. The molecule has 0 radical (unpaired) electrons. The van der Waals surface area contributed by atoms with E-state index in [1.54, 1.807) is 0 Å². The first-order chi connectivity index (χ1) is 11.6. The van der Waals surface area contributed by atoms with Crippen LogP contribution in [0, 0.1) is 12.0 Å². The van der Waals surface area contributed by atoms with E-state index in [0.29, 0.717) is 12.1 Å². The fraction of sp³-hybridized carbons (Fsp3) is 0.133. The Morgan fingerprint density at radius 1 is 1.24 bits per heavy atom. The van der Waals surface area contributed by atoms with Gasteiger partial charge in [0.25, 0.3) is 0 Å². The Labute approximate surface area is 149 Å². The maximum atomic E-state index is 13.6. The summed E-state index contributed by atoms with van der Waals surface area (Å²) in [7, 11) is 0. The molecule has 3 rings (SSSR count). The molecule has 130 valence electrons. The molecule has 2 aliphatic heterocycles. The van der Waals surface area contributed by atoms with Crippen LogP contribution in [0.2, 0.25) is 0 Å². The van der Waals surface area contributed by atoms with Crippen molar-refractivity contribution in [2.45, 2.75) is 12.2 Å². The Kier molecular flexibility index (Phi) is 4.15. The third kappa shape index (κ3) is 3.16. The van der Waals surface area contributed by atoms with Crippen LogP contribution in [0.3, 0.4) is 0 Å². The lowest BCUT2D eigenvalue weighted by atomic mass is 10.1. The Bertz CT molecular complexity index is 903. The highest BCUT2D eigenvalue weighted by atomic mass is 35.5. The van der Waals surface area contributed by atoms with Crippen molar-refractivity contribution < 1.29 is 27.4 Å². The van der Waals surface area contributed by atoms with Crippen molar-refractivity contribution in [2.75, 3.05) is 5.32 Å². The van der Waals surface area contributed by atoms with Crippen molar-refractivity contribution in [1.82, 2.24) is 5.32 Å². The van der Waals surface area contributed by atoms with Crippen molar-refractivity contribution in [3.8, 4) is 17.7 Å². The lowest BCUT2D eigenvalue weighted by molar-refractivity contribution is -0.369. The van der Waals surface area contributed by atoms with Gasteiger partial charge in [-0.3, -0.25) is 0 Å². The lowest BCUT2D eigenvalue weighted by Crippen LogP contribution is -2.17. The number of halogens is 5. The molecule has 0 amide bonds. The van der Waals surface area contributed by atoms with Crippen LogP contribution < -0.4 is 10.6 Å². The molecule has 1 aromatic carbocycles. The van der Waals surface area contributed by atoms with Gasteiger partial charge in [-0.15, -0.1) is 0 Å². The molecule has 2 aliphatic rings. The summed E-state index contributed by atoms with van der Waals surface area (Å²) in [6, 6.07) is 3.65. The topological polar surface area (TPSA) is 53.5 Å². The largest absolute Gasteiger partial charge is 0.506 e. The summed E-state index contributed by atoms with van der Waals surface area (Å²) in [4.78, 5) is -0.0523. The summed E-state index contributed by atoms with van der Waals surface area (Å²) in [6.07, 6.45) is -5.52. The summed E-state index contributed by atoms with van der Waals surface area (Å²) in [6.45, 7) is 0. The van der Waals surface area contributed by atoms with Crippen LogP contribution in [0.25, 0.3) is 0 Å². The maximum Gasteiger partial charge on any atom is 0.388 e. The molecule has 0 saturated heterocycles. The van der Waals surface area contributed by atoms with Gasteiger partial charge in [0.15, 0.2) is 0 Å². The highest BCUT2D eigenvalue weighted by Crippen LogP contribution is 2.53. The maximum absolute atomic E-state index is 13.6. The van der Waals surface area contributed by atoms with E-state index >= 15 is 0 Å². The average Bonchev–Trinajstić information content (AvgIpc) is 2.65. The minimum absolute atomic E-state index is 0.0523. The SMILES string of the molecule is Oc1cc2c(cc1NC(=S)C1=C(Cl)C#CNC=C1)C(F)(F)OC2(F)F. The molecule has 0 saturated carbocycles. The molecular formula is C15H7ClF4N2O2S. The lowest BCUT2D eigenvalue weighted by Gasteiger charge is -2.13. The minimum Gasteiger partial charge on any atom is -0.506 e. The normalized spacial score (nSPS) is 19.4. The van der Waals surface area contributed by atoms with Crippen LogP contribution in [-0.4, -0.2) is 10.1 Å². The van der Waals surface area contributed by atoms with Crippen LogP contribution in [0.1, 0.15) is 11.1 Å². The fourth-order valence-corrected chi connectivity index (χ4v) is 2.74. The smallest absolute Gasteiger partial charge is 0.388 e. The van der Waals surface area contributed by atoms with E-state index in [1.807, 2.05) is 0 Å². The number of rotatable bonds is 2. The standard InChI is InChI=1S/C15H7ClF4N2O2S/c16-10-2-4-21-3-1-7(10)13(25)22-11-5-8-9(6-12(11)23)15(19,20)24-14(8,17)18/h1,3,5-6,21,23H,(H,22,25). The Balaban J connectivity index is 1.98. The second-order valence-corrected chi connectivity index (χ2v) is 5.75. The summed E-state index contributed by atoms with van der Waals surface area (Å²) < 4.78 is 57.7. The number of nitrogens with one attached hydrogen (secondary N) is 2. The van der Waals surface area contributed by atoms with Gasteiger partial charge >= 0.3 is 12.2 Å². The predicted molar refractivity (Wildman–Crippen MR) is 86.1 cm³/mol. The zero-order chi connectivity index (χ0) is 18.4. The van der Waals surface area contributed by atoms with E-state index in [9.17, 15) is 22.7 Å². The van der Waals surface area contributed by atoms with E-state index in [2.05, 4.69) is 27.3 Å². The van der Waals surface area contributed by atoms with Crippen molar-refractivity contribution in [2.24, 2.45) is 0 Å². The molecule has 0 aliphatic carbocycles. The van der Waals surface area contributed by atoms with Gasteiger partial charge in [-0.2, -0.15) is 17.6 Å². The fourth-order valence-electron chi connectivity index (χ4n) is 2.20. The Morgan fingerprint density at radius 3 is 2.56 bits per heavy atom. The second-order valence-electron chi connectivity index (χ2n) is 4.96. The van der Waals surface area contributed by atoms with E-state index in [0.717, 1.165) is 0 Å². The van der Waals surface area contributed by atoms with Gasteiger partial charge in [-0.05, 0) is 24.1 Å². The van der Waals surface area contributed by atoms with Crippen molar-refractivity contribution in [1.29, 1.82) is 0 Å². The molecule has 10 heteroatoms. The van der Waals surface area contributed by atoms with Crippen LogP contribution >= 0.6 is 23.8 Å². The van der Waals surface area contributed by atoms with E-state index in [1.165, 1.54) is 12.3 Å². The second kappa shape index (κ2) is 5.91. The first-order valence-electron chi connectivity index (χ1n) is 6.60. The van der Waals surface area contributed by atoms with Gasteiger partial charge in [0, 0.05) is 17.8 Å². The molecule has 3 N–H and O–H groups in total. The van der Waals surface area contributed by atoms with Crippen molar-refractivity contribution in [3.05, 3.63) is 46.1 Å². The van der Waals surface area contributed by atoms with E-state index in [-0.39, 0.29) is 21.3 Å². The number of phenolic OH excluding ortho intramolecular Hbond substituents is 1. The molecule has 1 aromatic rings. The number of allylic oxidation sites excluding steroid dienone is 1. The molecule has 0 unspecified atom stereocenters. The van der Waals surface area contributed by atoms with Gasteiger partial charge in [0.05, 0.1) is 16.8 Å². The van der Waals surface area contributed by atoms with Gasteiger partial charge in [-0.1, -0.05) is 23.8 Å². The quantitative estimate of drug-likeness (QED) is 0.310. The zero-order valence-electron chi connectivity index (χ0n) is 12.0. The number of hydrogen-bond acceptors (Lipinski definition) is 4. The van der Waals surface area contributed by atoms with Gasteiger partial charge in [-0.25, -0.2) is 4.74 Å². The molecular weight excluding hydrogens is 384 g/mol. The number of aromatic hydroxyl groups is 1. The van der Waals surface area contributed by atoms with Gasteiger partial charge in [0.1, 0.15) is 15.8 Å². The van der Waals surface area contributed by atoms with E-state index in [4.69, 9.17) is 23.8 Å². The van der Waals surface area contributed by atoms with Crippen LogP contribution in [0.5, 0.6) is 5.75 Å². The molecule has 0 fully saturated rings. The number of benzene rings is 1. The molecule has 0 spiro atoms. The average molecular weight is 391 g/mol. The molecule has 0 aromatic heterocycles. The summed E-state index contributed by atoms with van der Waals surface area (Å²) in [5.74, 6) is 1.83. The molecule has 0 atom stereocenters. The predicted octanol–water partition coefficient (Wildman–Crippen LogP) is 3.83. The number of anilines is 1. The third-order valence-electron chi connectivity index (χ3n) is 3.33. The summed E-state index contributed by atoms with van der Waals surface area (Å²) in [5.41, 5.74) is -2.24.